The molecule has 18 heavy (non-hydrogen) atoms. The molecule has 0 amide bonds. The number of hydrogen-bond acceptors (Lipinski definition) is 2. The average Bonchev–Trinajstić information content (AvgIpc) is 2.47. The van der Waals surface area contributed by atoms with Crippen LogP contribution in [0.2, 0.25) is 0 Å². The van der Waals surface area contributed by atoms with Crippen LogP contribution in [0.5, 0.6) is 0 Å². The Bertz CT molecular complexity index is 388. The minimum Gasteiger partial charge on any atom is -0.353 e. The van der Waals surface area contributed by atoms with Gasteiger partial charge in [-0.1, -0.05) is 18.9 Å². The second-order valence-electron chi connectivity index (χ2n) is 5.61. The SMILES string of the molecule is ClCc1ccc(N2CCCC3CCCCC32)nc1. The Balaban J connectivity index is 1.80. The van der Waals surface area contributed by atoms with Crippen LogP contribution in [0.4, 0.5) is 5.82 Å². The second kappa shape index (κ2) is 5.48. The molecule has 1 aromatic heterocycles. The third kappa shape index (κ3) is 2.35. The van der Waals surface area contributed by atoms with Gasteiger partial charge in [0.25, 0.3) is 0 Å². The Hall–Kier alpha value is -0.760. The molecule has 0 N–H and O–H groups in total. The number of piperidine rings is 1. The van der Waals surface area contributed by atoms with Gasteiger partial charge in [0.15, 0.2) is 0 Å². The molecule has 0 aromatic carbocycles. The van der Waals surface area contributed by atoms with Gasteiger partial charge in [0, 0.05) is 24.7 Å². The average molecular weight is 265 g/mol. The highest BCUT2D eigenvalue weighted by Crippen LogP contribution is 2.37. The maximum absolute atomic E-state index is 5.82. The van der Waals surface area contributed by atoms with Gasteiger partial charge in [-0.15, -0.1) is 11.6 Å². The summed E-state index contributed by atoms with van der Waals surface area (Å²) in [6, 6.07) is 5.00. The lowest BCUT2D eigenvalue weighted by Crippen LogP contribution is -2.47. The highest BCUT2D eigenvalue weighted by molar-refractivity contribution is 6.17. The smallest absolute Gasteiger partial charge is 0.128 e. The van der Waals surface area contributed by atoms with E-state index in [0.717, 1.165) is 23.3 Å². The Morgan fingerprint density at radius 1 is 1.17 bits per heavy atom. The molecule has 2 nitrogen and oxygen atoms in total. The number of aromatic nitrogens is 1. The van der Waals surface area contributed by atoms with Gasteiger partial charge in [0.05, 0.1) is 0 Å². The summed E-state index contributed by atoms with van der Waals surface area (Å²) in [6.45, 7) is 1.17. The normalized spacial score (nSPS) is 27.9. The predicted octanol–water partition coefficient (Wildman–Crippen LogP) is 3.98. The fraction of sp³-hybridized carbons (Fsp3) is 0.667. The molecular formula is C15H21ClN2. The highest BCUT2D eigenvalue weighted by atomic mass is 35.5. The van der Waals surface area contributed by atoms with Crippen LogP contribution in [0.3, 0.4) is 0 Å². The molecule has 3 heteroatoms. The van der Waals surface area contributed by atoms with E-state index in [-0.39, 0.29) is 0 Å². The zero-order valence-corrected chi connectivity index (χ0v) is 11.6. The van der Waals surface area contributed by atoms with E-state index in [0.29, 0.717) is 5.88 Å². The van der Waals surface area contributed by atoms with Gasteiger partial charge in [-0.05, 0) is 43.2 Å². The van der Waals surface area contributed by atoms with E-state index in [2.05, 4.69) is 22.0 Å². The van der Waals surface area contributed by atoms with Crippen LogP contribution in [-0.2, 0) is 5.88 Å². The summed E-state index contributed by atoms with van der Waals surface area (Å²) < 4.78 is 0. The molecule has 2 fully saturated rings. The maximum Gasteiger partial charge on any atom is 0.128 e. The van der Waals surface area contributed by atoms with Crippen LogP contribution >= 0.6 is 11.6 Å². The fourth-order valence-electron chi connectivity index (χ4n) is 3.57. The van der Waals surface area contributed by atoms with Gasteiger partial charge in [-0.2, -0.15) is 0 Å². The Morgan fingerprint density at radius 3 is 2.78 bits per heavy atom. The van der Waals surface area contributed by atoms with Crippen LogP contribution < -0.4 is 4.90 Å². The van der Waals surface area contributed by atoms with Crippen LogP contribution in [-0.4, -0.2) is 17.6 Å². The standard InChI is InChI=1S/C15H21ClN2/c16-10-12-7-8-15(17-11-12)18-9-3-5-13-4-1-2-6-14(13)18/h7-8,11,13-14H,1-6,9-10H2. The lowest BCUT2D eigenvalue weighted by atomic mass is 9.78. The highest BCUT2D eigenvalue weighted by Gasteiger charge is 2.33. The lowest BCUT2D eigenvalue weighted by Gasteiger charge is -2.44. The van der Waals surface area contributed by atoms with Crippen molar-refractivity contribution >= 4 is 17.4 Å². The molecule has 2 atom stereocenters. The van der Waals surface area contributed by atoms with Gasteiger partial charge >= 0.3 is 0 Å². The molecule has 3 rings (SSSR count). The third-order valence-electron chi connectivity index (χ3n) is 4.50. The summed E-state index contributed by atoms with van der Waals surface area (Å²) in [4.78, 5) is 7.15. The second-order valence-corrected chi connectivity index (χ2v) is 5.87. The number of alkyl halides is 1. The first-order valence-electron chi connectivity index (χ1n) is 7.16. The summed E-state index contributed by atoms with van der Waals surface area (Å²) in [7, 11) is 0. The summed E-state index contributed by atoms with van der Waals surface area (Å²) >= 11 is 5.82. The molecule has 0 bridgehead atoms. The lowest BCUT2D eigenvalue weighted by molar-refractivity contribution is 0.243. The number of fused-ring (bicyclic) bond motifs is 1. The molecule has 1 saturated heterocycles. The van der Waals surface area contributed by atoms with Crippen molar-refractivity contribution in [2.24, 2.45) is 5.92 Å². The van der Waals surface area contributed by atoms with E-state index < -0.39 is 0 Å². The van der Waals surface area contributed by atoms with Crippen LogP contribution in [0.25, 0.3) is 0 Å². The predicted molar refractivity (Wildman–Crippen MR) is 76.1 cm³/mol. The van der Waals surface area contributed by atoms with Crippen molar-refractivity contribution in [2.45, 2.75) is 50.4 Å². The van der Waals surface area contributed by atoms with Crippen molar-refractivity contribution in [1.29, 1.82) is 0 Å². The van der Waals surface area contributed by atoms with Gasteiger partial charge in [0.2, 0.25) is 0 Å². The number of nitrogens with zero attached hydrogens (tertiary/aromatic N) is 2. The molecular weight excluding hydrogens is 244 g/mol. The largest absolute Gasteiger partial charge is 0.353 e. The van der Waals surface area contributed by atoms with Crippen LogP contribution in [0.15, 0.2) is 18.3 Å². The van der Waals surface area contributed by atoms with E-state index in [9.17, 15) is 0 Å². The number of anilines is 1. The molecule has 2 heterocycles. The molecule has 1 aliphatic heterocycles. The van der Waals surface area contributed by atoms with Crippen molar-refractivity contribution in [1.82, 2.24) is 4.98 Å². The molecule has 1 aliphatic carbocycles. The number of rotatable bonds is 2. The van der Waals surface area contributed by atoms with Crippen molar-refractivity contribution in [3.8, 4) is 0 Å². The summed E-state index contributed by atoms with van der Waals surface area (Å²) in [5.74, 6) is 2.61. The van der Waals surface area contributed by atoms with Gasteiger partial charge in [-0.25, -0.2) is 4.98 Å². The summed E-state index contributed by atoms with van der Waals surface area (Å²) in [5, 5.41) is 0. The first-order valence-corrected chi connectivity index (χ1v) is 7.69. The van der Waals surface area contributed by atoms with Crippen molar-refractivity contribution in [2.75, 3.05) is 11.4 Å². The Labute approximate surface area is 114 Å². The molecule has 1 aromatic rings. The molecule has 1 saturated carbocycles. The molecule has 2 aliphatic rings. The quantitative estimate of drug-likeness (QED) is 0.751. The van der Waals surface area contributed by atoms with Crippen molar-refractivity contribution < 1.29 is 0 Å². The van der Waals surface area contributed by atoms with Crippen molar-refractivity contribution in [3.63, 3.8) is 0 Å². The third-order valence-corrected chi connectivity index (χ3v) is 4.81. The fourth-order valence-corrected chi connectivity index (χ4v) is 3.73. The Kier molecular flexibility index (Phi) is 3.74. The van der Waals surface area contributed by atoms with Crippen molar-refractivity contribution in [3.05, 3.63) is 23.9 Å². The molecule has 0 radical (unpaired) electrons. The zero-order valence-electron chi connectivity index (χ0n) is 10.8. The van der Waals surface area contributed by atoms with Gasteiger partial charge in [-0.3, -0.25) is 0 Å². The van der Waals surface area contributed by atoms with E-state index in [1.165, 1.54) is 45.1 Å². The minimum atomic E-state index is 0.555. The summed E-state index contributed by atoms with van der Waals surface area (Å²) in [5.41, 5.74) is 1.11. The number of halogens is 1. The number of hydrogen-bond donors (Lipinski definition) is 0. The first-order chi connectivity index (χ1) is 8.88. The van der Waals surface area contributed by atoms with Crippen LogP contribution in [0, 0.1) is 5.92 Å². The van der Waals surface area contributed by atoms with Gasteiger partial charge in [0.1, 0.15) is 5.82 Å². The summed E-state index contributed by atoms with van der Waals surface area (Å²) in [6.07, 6.45) is 10.2. The zero-order chi connectivity index (χ0) is 12.4. The minimum absolute atomic E-state index is 0.555. The van der Waals surface area contributed by atoms with E-state index in [1.807, 2.05) is 6.20 Å². The first kappa shape index (κ1) is 12.3. The molecule has 0 spiro atoms. The van der Waals surface area contributed by atoms with Crippen LogP contribution in [0.1, 0.15) is 44.1 Å². The molecule has 2 unspecified atom stereocenters. The monoisotopic (exact) mass is 264 g/mol. The maximum atomic E-state index is 5.82. The van der Waals surface area contributed by atoms with Gasteiger partial charge < -0.3 is 4.90 Å². The van der Waals surface area contributed by atoms with E-state index in [4.69, 9.17) is 11.6 Å². The topological polar surface area (TPSA) is 16.1 Å². The number of pyridine rings is 1. The molecule has 98 valence electrons. The van der Waals surface area contributed by atoms with E-state index >= 15 is 0 Å². The Morgan fingerprint density at radius 2 is 2.00 bits per heavy atom. The van der Waals surface area contributed by atoms with E-state index in [1.54, 1.807) is 0 Å².